The Hall–Kier alpha value is -1.92. The summed E-state index contributed by atoms with van der Waals surface area (Å²) >= 11 is 3.45. The molecule has 2 aromatic heterocycles. The maximum atomic E-state index is 13.5. The van der Waals surface area contributed by atoms with E-state index in [2.05, 4.69) is 12.1 Å². The number of thioether (sulfide) groups is 1. The molecule has 1 saturated heterocycles. The first-order chi connectivity index (χ1) is 14.2. The highest BCUT2D eigenvalue weighted by atomic mass is 32.2. The van der Waals surface area contributed by atoms with Crippen LogP contribution in [0.4, 0.5) is 0 Å². The van der Waals surface area contributed by atoms with Crippen molar-refractivity contribution in [1.29, 1.82) is 0 Å². The van der Waals surface area contributed by atoms with E-state index in [-0.39, 0.29) is 11.2 Å². The molecule has 0 bridgehead atoms. The average molecular weight is 424 g/mol. The lowest BCUT2D eigenvalue weighted by Crippen LogP contribution is -2.31. The number of amides is 1. The van der Waals surface area contributed by atoms with Crippen LogP contribution in [0.3, 0.4) is 0 Å². The van der Waals surface area contributed by atoms with Gasteiger partial charge in [-0.05, 0) is 56.6 Å². The third-order valence-corrected chi connectivity index (χ3v) is 8.28. The molecule has 3 aromatic rings. The molecule has 150 valence electrons. The van der Waals surface area contributed by atoms with Gasteiger partial charge in [-0.25, -0.2) is 9.97 Å². The number of carbonyl (C=O) groups is 1. The highest BCUT2D eigenvalue weighted by molar-refractivity contribution is 8.00. The molecular weight excluding hydrogens is 398 g/mol. The number of rotatable bonds is 4. The second-order valence-corrected chi connectivity index (χ2v) is 10.1. The third-order valence-electron chi connectivity index (χ3n) is 5.87. The zero-order chi connectivity index (χ0) is 19.8. The predicted octanol–water partition coefficient (Wildman–Crippen LogP) is 5.33. The number of aryl methyl sites for hydroxylation is 3. The van der Waals surface area contributed by atoms with Gasteiger partial charge >= 0.3 is 0 Å². The standard InChI is InChI=1S/C23H25N3OS2/c1-15-24-21-19(17-11-5-6-12-18(17)28-21)22(25-15)29-20(16-9-3-2-4-10-16)23(27)26-13-7-8-14-26/h2-4,9-10,20H,5-8,11-14H2,1H3/t20-/m1/s1. The summed E-state index contributed by atoms with van der Waals surface area (Å²) < 4.78 is 0. The summed E-state index contributed by atoms with van der Waals surface area (Å²) in [5.74, 6) is 1.01. The van der Waals surface area contributed by atoms with Crippen molar-refractivity contribution in [3.05, 3.63) is 52.2 Å². The molecule has 29 heavy (non-hydrogen) atoms. The number of hydrogen-bond donors (Lipinski definition) is 0. The largest absolute Gasteiger partial charge is 0.341 e. The molecule has 1 fully saturated rings. The van der Waals surface area contributed by atoms with Crippen LogP contribution in [-0.2, 0) is 17.6 Å². The number of hydrogen-bond acceptors (Lipinski definition) is 5. The van der Waals surface area contributed by atoms with Crippen molar-refractivity contribution < 1.29 is 4.79 Å². The molecule has 0 unspecified atom stereocenters. The first-order valence-corrected chi connectivity index (χ1v) is 12.2. The highest BCUT2D eigenvalue weighted by Gasteiger charge is 2.31. The molecule has 0 N–H and O–H groups in total. The first-order valence-electron chi connectivity index (χ1n) is 10.5. The summed E-state index contributed by atoms with van der Waals surface area (Å²) in [5, 5.41) is 1.93. The van der Waals surface area contributed by atoms with Gasteiger partial charge in [0.1, 0.15) is 20.9 Å². The van der Waals surface area contributed by atoms with Crippen LogP contribution in [0.15, 0.2) is 35.4 Å². The monoisotopic (exact) mass is 423 g/mol. The topological polar surface area (TPSA) is 46.1 Å². The minimum absolute atomic E-state index is 0.215. The Balaban J connectivity index is 1.59. The van der Waals surface area contributed by atoms with Gasteiger partial charge in [0.25, 0.3) is 0 Å². The van der Waals surface area contributed by atoms with E-state index < -0.39 is 0 Å². The van der Waals surface area contributed by atoms with Crippen molar-refractivity contribution in [2.75, 3.05) is 13.1 Å². The summed E-state index contributed by atoms with van der Waals surface area (Å²) in [7, 11) is 0. The zero-order valence-corrected chi connectivity index (χ0v) is 18.3. The number of nitrogens with zero attached hydrogens (tertiary/aromatic N) is 3. The normalized spacial score (nSPS) is 17.5. The van der Waals surface area contributed by atoms with Crippen LogP contribution in [-0.4, -0.2) is 33.9 Å². The van der Waals surface area contributed by atoms with Crippen LogP contribution >= 0.6 is 23.1 Å². The number of benzene rings is 1. The zero-order valence-electron chi connectivity index (χ0n) is 16.7. The summed E-state index contributed by atoms with van der Waals surface area (Å²) in [6.07, 6.45) is 6.94. The molecule has 6 heteroatoms. The molecule has 2 aliphatic rings. The number of carbonyl (C=O) groups excluding carboxylic acids is 1. The van der Waals surface area contributed by atoms with E-state index in [9.17, 15) is 4.79 Å². The fourth-order valence-electron chi connectivity index (χ4n) is 4.41. The van der Waals surface area contributed by atoms with Crippen LogP contribution in [0.1, 0.15) is 52.8 Å². The van der Waals surface area contributed by atoms with Crippen molar-refractivity contribution in [3.63, 3.8) is 0 Å². The van der Waals surface area contributed by atoms with Crippen molar-refractivity contribution in [3.8, 4) is 0 Å². The first kappa shape index (κ1) is 19.1. The Labute approximate surface area is 179 Å². The van der Waals surface area contributed by atoms with Gasteiger partial charge in [-0.3, -0.25) is 4.79 Å². The van der Waals surface area contributed by atoms with Crippen LogP contribution < -0.4 is 0 Å². The average Bonchev–Trinajstić information content (AvgIpc) is 3.39. The lowest BCUT2D eigenvalue weighted by molar-refractivity contribution is -0.129. The van der Waals surface area contributed by atoms with Crippen molar-refractivity contribution in [1.82, 2.24) is 14.9 Å². The maximum Gasteiger partial charge on any atom is 0.240 e. The minimum atomic E-state index is -0.258. The molecule has 0 radical (unpaired) electrons. The second kappa shape index (κ2) is 8.07. The van der Waals surface area contributed by atoms with E-state index in [1.165, 1.54) is 28.7 Å². The van der Waals surface area contributed by atoms with E-state index >= 15 is 0 Å². The van der Waals surface area contributed by atoms with Gasteiger partial charge in [-0.15, -0.1) is 11.3 Å². The summed E-state index contributed by atoms with van der Waals surface area (Å²) in [6, 6.07) is 10.2. The number of likely N-dealkylation sites (tertiary alicyclic amines) is 1. The predicted molar refractivity (Wildman–Crippen MR) is 120 cm³/mol. The molecule has 1 aliphatic heterocycles. The fourth-order valence-corrected chi connectivity index (χ4v) is 7.08. The van der Waals surface area contributed by atoms with Gasteiger partial charge in [0, 0.05) is 23.4 Å². The van der Waals surface area contributed by atoms with E-state index in [0.717, 1.165) is 60.0 Å². The molecular formula is C23H25N3OS2. The maximum absolute atomic E-state index is 13.5. The van der Waals surface area contributed by atoms with Crippen LogP contribution in [0.25, 0.3) is 10.2 Å². The van der Waals surface area contributed by atoms with Gasteiger partial charge in [-0.1, -0.05) is 42.1 Å². The van der Waals surface area contributed by atoms with Gasteiger partial charge in [0.2, 0.25) is 5.91 Å². The van der Waals surface area contributed by atoms with Gasteiger partial charge in [0.15, 0.2) is 0 Å². The van der Waals surface area contributed by atoms with E-state index in [1.54, 1.807) is 11.8 Å². The Bertz CT molecular complexity index is 1040. The van der Waals surface area contributed by atoms with Gasteiger partial charge in [0.05, 0.1) is 0 Å². The summed E-state index contributed by atoms with van der Waals surface area (Å²) in [4.78, 5) is 27.6. The molecule has 1 amide bonds. The molecule has 0 spiro atoms. The van der Waals surface area contributed by atoms with Crippen molar-refractivity contribution in [2.45, 2.75) is 55.7 Å². The lowest BCUT2D eigenvalue weighted by Gasteiger charge is -2.23. The van der Waals surface area contributed by atoms with E-state index in [1.807, 2.05) is 41.4 Å². The fraction of sp³-hybridized carbons (Fsp3) is 0.435. The lowest BCUT2D eigenvalue weighted by atomic mass is 9.97. The minimum Gasteiger partial charge on any atom is -0.341 e. The summed E-state index contributed by atoms with van der Waals surface area (Å²) in [6.45, 7) is 3.70. The number of thiophene rings is 1. The van der Waals surface area contributed by atoms with Gasteiger partial charge in [-0.2, -0.15) is 0 Å². The Kier molecular flexibility index (Phi) is 5.31. The van der Waals surface area contributed by atoms with Crippen LogP contribution in [0.2, 0.25) is 0 Å². The highest BCUT2D eigenvalue weighted by Crippen LogP contribution is 2.44. The van der Waals surface area contributed by atoms with E-state index in [0.29, 0.717) is 0 Å². The molecule has 4 nitrogen and oxygen atoms in total. The molecule has 0 saturated carbocycles. The molecule has 1 aromatic carbocycles. The molecule has 3 heterocycles. The van der Waals surface area contributed by atoms with Crippen molar-refractivity contribution in [2.24, 2.45) is 0 Å². The molecule has 1 atom stereocenters. The SMILES string of the molecule is Cc1nc(S[C@@H](C(=O)N2CCCC2)c2ccccc2)c2c3c(sc2n1)CCCC3. The Morgan fingerprint density at radius 3 is 2.62 bits per heavy atom. The quantitative estimate of drug-likeness (QED) is 0.420. The Morgan fingerprint density at radius 1 is 1.07 bits per heavy atom. The van der Waals surface area contributed by atoms with Crippen molar-refractivity contribution >= 4 is 39.2 Å². The molecule has 5 rings (SSSR count). The number of aromatic nitrogens is 2. The molecule has 1 aliphatic carbocycles. The summed E-state index contributed by atoms with van der Waals surface area (Å²) in [5.41, 5.74) is 2.49. The Morgan fingerprint density at radius 2 is 1.83 bits per heavy atom. The van der Waals surface area contributed by atoms with Crippen LogP contribution in [0.5, 0.6) is 0 Å². The second-order valence-electron chi connectivity index (χ2n) is 7.91. The van der Waals surface area contributed by atoms with E-state index in [4.69, 9.17) is 9.97 Å². The van der Waals surface area contributed by atoms with Gasteiger partial charge < -0.3 is 4.90 Å². The van der Waals surface area contributed by atoms with Crippen LogP contribution in [0, 0.1) is 6.92 Å². The smallest absolute Gasteiger partial charge is 0.240 e. The number of fused-ring (bicyclic) bond motifs is 3. The third kappa shape index (κ3) is 3.68.